The summed E-state index contributed by atoms with van der Waals surface area (Å²) in [4.78, 5) is 13.6. The Morgan fingerprint density at radius 2 is 2.00 bits per heavy atom. The number of anilines is 1. The number of carbonyl (C=O) groups is 1. The highest BCUT2D eigenvalue weighted by molar-refractivity contribution is 5.73. The van der Waals surface area contributed by atoms with Crippen molar-refractivity contribution in [1.82, 2.24) is 10.6 Å². The second-order valence-electron chi connectivity index (χ2n) is 5.77. The molecule has 4 nitrogen and oxygen atoms in total. The van der Waals surface area contributed by atoms with Crippen LogP contribution in [-0.4, -0.2) is 32.1 Å². The van der Waals surface area contributed by atoms with Gasteiger partial charge in [-0.2, -0.15) is 0 Å². The molecular weight excluding hydrogens is 262 g/mol. The van der Waals surface area contributed by atoms with Crippen LogP contribution in [0, 0.1) is 0 Å². The summed E-state index contributed by atoms with van der Waals surface area (Å²) in [6.07, 6.45) is 3.12. The van der Waals surface area contributed by atoms with Gasteiger partial charge in [-0.3, -0.25) is 4.79 Å². The maximum absolute atomic E-state index is 11.2. The monoisotopic (exact) mass is 289 g/mol. The van der Waals surface area contributed by atoms with Gasteiger partial charge in [0.25, 0.3) is 0 Å². The number of carbonyl (C=O) groups excluding carboxylic acids is 1. The lowest BCUT2D eigenvalue weighted by Gasteiger charge is -2.36. The first-order chi connectivity index (χ1) is 10.2. The molecule has 1 aliphatic heterocycles. The van der Waals surface area contributed by atoms with Gasteiger partial charge in [-0.1, -0.05) is 25.1 Å². The van der Waals surface area contributed by atoms with E-state index < -0.39 is 0 Å². The van der Waals surface area contributed by atoms with Crippen LogP contribution in [0.3, 0.4) is 0 Å². The summed E-state index contributed by atoms with van der Waals surface area (Å²) in [6.45, 7) is 5.81. The molecule has 1 aromatic rings. The van der Waals surface area contributed by atoms with Crippen LogP contribution >= 0.6 is 0 Å². The lowest BCUT2D eigenvalue weighted by atomic mass is 9.98. The Labute approximate surface area is 127 Å². The van der Waals surface area contributed by atoms with E-state index in [-0.39, 0.29) is 5.91 Å². The highest BCUT2D eigenvalue weighted by Gasteiger charge is 2.22. The van der Waals surface area contributed by atoms with Crippen LogP contribution in [0.4, 0.5) is 5.69 Å². The van der Waals surface area contributed by atoms with Crippen molar-refractivity contribution in [1.29, 1.82) is 0 Å². The van der Waals surface area contributed by atoms with Crippen LogP contribution < -0.4 is 15.5 Å². The Kier molecular flexibility index (Phi) is 5.62. The summed E-state index contributed by atoms with van der Waals surface area (Å²) in [6, 6.07) is 9.39. The van der Waals surface area contributed by atoms with Gasteiger partial charge in [0, 0.05) is 37.8 Å². The number of nitrogens with one attached hydrogen (secondary N) is 2. The average molecular weight is 289 g/mol. The molecule has 1 aromatic carbocycles. The summed E-state index contributed by atoms with van der Waals surface area (Å²) in [5.74, 6) is 0.0788. The van der Waals surface area contributed by atoms with E-state index in [4.69, 9.17) is 0 Å². The van der Waals surface area contributed by atoms with Crippen LogP contribution in [0.5, 0.6) is 0 Å². The molecular formula is C17H27N3O. The lowest BCUT2D eigenvalue weighted by molar-refractivity contribution is -0.119. The minimum Gasteiger partial charge on any atom is -0.371 e. The van der Waals surface area contributed by atoms with Crippen LogP contribution in [0.15, 0.2) is 24.3 Å². The number of hydrogen-bond acceptors (Lipinski definition) is 3. The quantitative estimate of drug-likeness (QED) is 0.875. The number of nitrogens with zero attached hydrogens (tertiary/aromatic N) is 1. The normalized spacial score (nSPS) is 17.6. The standard InChI is InChI=1S/C17H27N3O/c1-4-16(18-3)15-7-5-6-8-17(15)20-11-9-14(10-12-20)19-13(2)21/h5-8,14,16,18H,4,9-12H2,1-3H3,(H,19,21). The van der Waals surface area contributed by atoms with Gasteiger partial charge in [0.1, 0.15) is 0 Å². The van der Waals surface area contributed by atoms with Crippen molar-refractivity contribution in [2.24, 2.45) is 0 Å². The van der Waals surface area contributed by atoms with E-state index in [1.54, 1.807) is 6.92 Å². The third-order valence-corrected chi connectivity index (χ3v) is 4.31. The zero-order valence-electron chi connectivity index (χ0n) is 13.4. The Hall–Kier alpha value is -1.55. The summed E-state index contributed by atoms with van der Waals surface area (Å²) < 4.78 is 0. The first-order valence-electron chi connectivity index (χ1n) is 7.94. The van der Waals surface area contributed by atoms with Crippen molar-refractivity contribution in [3.63, 3.8) is 0 Å². The second-order valence-corrected chi connectivity index (χ2v) is 5.77. The van der Waals surface area contributed by atoms with Gasteiger partial charge < -0.3 is 15.5 Å². The molecule has 2 rings (SSSR count). The molecule has 4 heteroatoms. The predicted octanol–water partition coefficient (Wildman–Crippen LogP) is 2.46. The molecule has 0 aromatic heterocycles. The van der Waals surface area contributed by atoms with Crippen molar-refractivity contribution in [2.45, 2.75) is 45.2 Å². The Morgan fingerprint density at radius 3 is 2.57 bits per heavy atom. The minimum absolute atomic E-state index is 0.0788. The van der Waals surface area contributed by atoms with Gasteiger partial charge in [0.05, 0.1) is 0 Å². The molecule has 1 amide bonds. The fraction of sp³-hybridized carbons (Fsp3) is 0.588. The molecule has 1 aliphatic rings. The molecule has 0 saturated carbocycles. The van der Waals surface area contributed by atoms with Crippen molar-refractivity contribution < 1.29 is 4.79 Å². The second kappa shape index (κ2) is 7.46. The van der Waals surface area contributed by atoms with Gasteiger partial charge in [0.2, 0.25) is 5.91 Å². The number of amides is 1. The average Bonchev–Trinajstić information content (AvgIpc) is 2.49. The Bertz CT molecular complexity index is 463. The maximum Gasteiger partial charge on any atom is 0.217 e. The number of para-hydroxylation sites is 1. The molecule has 1 atom stereocenters. The fourth-order valence-electron chi connectivity index (χ4n) is 3.20. The highest BCUT2D eigenvalue weighted by Crippen LogP contribution is 2.30. The molecule has 0 bridgehead atoms. The topological polar surface area (TPSA) is 44.4 Å². The van der Waals surface area contributed by atoms with Crippen molar-refractivity contribution >= 4 is 11.6 Å². The Balaban J connectivity index is 2.08. The molecule has 0 radical (unpaired) electrons. The Morgan fingerprint density at radius 1 is 1.33 bits per heavy atom. The van der Waals surface area contributed by atoms with E-state index in [2.05, 4.69) is 46.7 Å². The molecule has 0 spiro atoms. The summed E-state index contributed by atoms with van der Waals surface area (Å²) in [5, 5.41) is 6.43. The highest BCUT2D eigenvalue weighted by atomic mass is 16.1. The van der Waals surface area contributed by atoms with Gasteiger partial charge in [-0.05, 0) is 37.9 Å². The largest absolute Gasteiger partial charge is 0.371 e. The number of piperidine rings is 1. The summed E-state index contributed by atoms with van der Waals surface area (Å²) in [7, 11) is 2.02. The maximum atomic E-state index is 11.2. The van der Waals surface area contributed by atoms with Crippen molar-refractivity contribution in [3.05, 3.63) is 29.8 Å². The van der Waals surface area contributed by atoms with E-state index in [9.17, 15) is 4.79 Å². The van der Waals surface area contributed by atoms with Gasteiger partial charge in [-0.15, -0.1) is 0 Å². The minimum atomic E-state index is 0.0788. The van der Waals surface area contributed by atoms with Crippen LogP contribution in [0.25, 0.3) is 0 Å². The van der Waals surface area contributed by atoms with Crippen LogP contribution in [0.2, 0.25) is 0 Å². The van der Waals surface area contributed by atoms with Crippen molar-refractivity contribution in [2.75, 3.05) is 25.0 Å². The SMILES string of the molecule is CCC(NC)c1ccccc1N1CCC(NC(C)=O)CC1. The van der Waals surface area contributed by atoms with Gasteiger partial charge in [-0.25, -0.2) is 0 Å². The third-order valence-electron chi connectivity index (χ3n) is 4.31. The lowest BCUT2D eigenvalue weighted by Crippen LogP contribution is -2.44. The van der Waals surface area contributed by atoms with Gasteiger partial charge >= 0.3 is 0 Å². The van der Waals surface area contributed by atoms with E-state index in [1.165, 1.54) is 11.3 Å². The molecule has 116 valence electrons. The first kappa shape index (κ1) is 15.8. The number of benzene rings is 1. The smallest absolute Gasteiger partial charge is 0.217 e. The van der Waals surface area contributed by atoms with E-state index in [0.29, 0.717) is 12.1 Å². The number of hydrogen-bond donors (Lipinski definition) is 2. The predicted molar refractivity (Wildman–Crippen MR) is 87.6 cm³/mol. The van der Waals surface area contributed by atoms with E-state index in [1.807, 2.05) is 7.05 Å². The molecule has 1 saturated heterocycles. The first-order valence-corrected chi connectivity index (χ1v) is 7.94. The van der Waals surface area contributed by atoms with Crippen molar-refractivity contribution in [3.8, 4) is 0 Å². The summed E-state index contributed by atoms with van der Waals surface area (Å²) >= 11 is 0. The molecule has 21 heavy (non-hydrogen) atoms. The molecule has 0 aliphatic carbocycles. The molecule has 2 N–H and O–H groups in total. The van der Waals surface area contributed by atoms with Crippen LogP contribution in [-0.2, 0) is 4.79 Å². The molecule has 1 fully saturated rings. The van der Waals surface area contributed by atoms with E-state index in [0.717, 1.165) is 32.4 Å². The fourth-order valence-corrected chi connectivity index (χ4v) is 3.20. The number of rotatable bonds is 5. The zero-order valence-corrected chi connectivity index (χ0v) is 13.4. The van der Waals surface area contributed by atoms with Crippen LogP contribution in [0.1, 0.15) is 44.7 Å². The summed E-state index contributed by atoms with van der Waals surface area (Å²) in [5.41, 5.74) is 2.71. The van der Waals surface area contributed by atoms with Gasteiger partial charge in [0.15, 0.2) is 0 Å². The zero-order chi connectivity index (χ0) is 15.2. The molecule has 1 heterocycles. The van der Waals surface area contributed by atoms with E-state index >= 15 is 0 Å². The third kappa shape index (κ3) is 3.97. The molecule has 1 unspecified atom stereocenters.